The van der Waals surface area contributed by atoms with Crippen molar-refractivity contribution < 1.29 is 0 Å². The first-order valence-electron chi connectivity index (χ1n) is 5.94. The highest BCUT2D eigenvalue weighted by Crippen LogP contribution is 2.06. The summed E-state index contributed by atoms with van der Waals surface area (Å²) in [6, 6.07) is 0. The van der Waals surface area contributed by atoms with E-state index in [2.05, 4.69) is 40.1 Å². The molecule has 0 aromatic carbocycles. The Hall–Kier alpha value is -0.680. The minimum absolute atomic E-state index is 0.00126. The van der Waals surface area contributed by atoms with Crippen molar-refractivity contribution in [2.24, 2.45) is 5.92 Å². The van der Waals surface area contributed by atoms with Crippen LogP contribution in [0.2, 0.25) is 0 Å². The monoisotopic (exact) mass is 301 g/mol. The predicted octanol–water partition coefficient (Wildman–Crippen LogP) is 1.95. The lowest BCUT2D eigenvalue weighted by Gasteiger charge is -2.09. The number of hydrogen-bond donors (Lipinski definition) is 1. The highest BCUT2D eigenvalue weighted by atomic mass is 79.9. The van der Waals surface area contributed by atoms with Gasteiger partial charge in [-0.2, -0.15) is 0 Å². The fourth-order valence-corrected chi connectivity index (χ4v) is 1.80. The Labute approximate surface area is 111 Å². The minimum Gasteiger partial charge on any atom is -0.316 e. The molecule has 4 nitrogen and oxygen atoms in total. The first-order chi connectivity index (χ1) is 8.02. The zero-order chi connectivity index (χ0) is 12.8. The average molecular weight is 302 g/mol. The van der Waals surface area contributed by atoms with Crippen LogP contribution in [0.3, 0.4) is 0 Å². The van der Waals surface area contributed by atoms with Crippen molar-refractivity contribution in [1.82, 2.24) is 14.9 Å². The van der Waals surface area contributed by atoms with Gasteiger partial charge in [-0.05, 0) is 48.3 Å². The first-order valence-corrected chi connectivity index (χ1v) is 6.74. The maximum absolute atomic E-state index is 11.8. The molecule has 0 radical (unpaired) electrons. The Bertz CT molecular complexity index is 415. The van der Waals surface area contributed by atoms with Crippen molar-refractivity contribution in [2.75, 3.05) is 13.1 Å². The molecule has 0 spiro atoms. The van der Waals surface area contributed by atoms with Crippen molar-refractivity contribution in [1.29, 1.82) is 0 Å². The van der Waals surface area contributed by atoms with E-state index in [1.807, 2.05) is 6.92 Å². The van der Waals surface area contributed by atoms with Gasteiger partial charge in [0.15, 0.2) is 0 Å². The molecule has 0 saturated heterocycles. The molecule has 0 saturated carbocycles. The van der Waals surface area contributed by atoms with Crippen molar-refractivity contribution >= 4 is 15.9 Å². The van der Waals surface area contributed by atoms with Gasteiger partial charge in [0, 0.05) is 6.54 Å². The van der Waals surface area contributed by atoms with E-state index in [1.54, 1.807) is 10.9 Å². The number of rotatable bonds is 6. The second-order valence-corrected chi connectivity index (χ2v) is 5.39. The summed E-state index contributed by atoms with van der Waals surface area (Å²) in [7, 11) is 0. The van der Waals surface area contributed by atoms with Crippen molar-refractivity contribution in [3.05, 3.63) is 26.8 Å². The van der Waals surface area contributed by atoms with Gasteiger partial charge in [-0.25, -0.2) is 4.98 Å². The van der Waals surface area contributed by atoms with Gasteiger partial charge in [-0.3, -0.25) is 9.36 Å². The number of nitrogens with zero attached hydrogens (tertiary/aromatic N) is 2. The topological polar surface area (TPSA) is 46.9 Å². The van der Waals surface area contributed by atoms with Crippen molar-refractivity contribution in [3.63, 3.8) is 0 Å². The number of nitrogens with one attached hydrogen (secondary N) is 1. The molecule has 5 heteroatoms. The summed E-state index contributed by atoms with van der Waals surface area (Å²) >= 11 is 3.26. The Balaban J connectivity index is 2.43. The van der Waals surface area contributed by atoms with Gasteiger partial charge in [0.2, 0.25) is 0 Å². The molecule has 0 aliphatic rings. The molecular weight excluding hydrogens is 282 g/mol. The average Bonchev–Trinajstić information content (AvgIpc) is 2.28. The molecule has 17 heavy (non-hydrogen) atoms. The fourth-order valence-electron chi connectivity index (χ4n) is 1.47. The van der Waals surface area contributed by atoms with E-state index in [9.17, 15) is 4.79 Å². The van der Waals surface area contributed by atoms with Crippen LogP contribution in [0.25, 0.3) is 0 Å². The Morgan fingerprint density at radius 1 is 1.53 bits per heavy atom. The van der Waals surface area contributed by atoms with Gasteiger partial charge >= 0.3 is 0 Å². The standard InChI is InChI=1S/C12H20BrN3O/c1-9(2)7-14-5-4-6-16-8-15-10(3)11(13)12(16)17/h8-9,14H,4-7H2,1-3H3. The van der Waals surface area contributed by atoms with Crippen LogP contribution in [0.5, 0.6) is 0 Å². The lowest BCUT2D eigenvalue weighted by molar-refractivity contribution is 0.515. The van der Waals surface area contributed by atoms with E-state index >= 15 is 0 Å². The molecule has 0 amide bonds. The van der Waals surface area contributed by atoms with Gasteiger partial charge in [-0.1, -0.05) is 13.8 Å². The van der Waals surface area contributed by atoms with Crippen molar-refractivity contribution in [2.45, 2.75) is 33.7 Å². The zero-order valence-corrected chi connectivity index (χ0v) is 12.2. The molecule has 1 aromatic heterocycles. The second kappa shape index (κ2) is 6.91. The normalized spacial score (nSPS) is 11.1. The molecule has 0 bridgehead atoms. The molecule has 0 unspecified atom stereocenters. The molecule has 0 aliphatic heterocycles. The number of hydrogen-bond acceptors (Lipinski definition) is 3. The highest BCUT2D eigenvalue weighted by Gasteiger charge is 2.04. The summed E-state index contributed by atoms with van der Waals surface area (Å²) in [5.74, 6) is 0.660. The molecule has 0 fully saturated rings. The maximum atomic E-state index is 11.8. The molecule has 1 heterocycles. The molecule has 1 N–H and O–H groups in total. The Kier molecular flexibility index (Phi) is 5.85. The molecule has 1 rings (SSSR count). The zero-order valence-electron chi connectivity index (χ0n) is 10.7. The second-order valence-electron chi connectivity index (χ2n) is 4.59. The van der Waals surface area contributed by atoms with Crippen LogP contribution in [0.1, 0.15) is 26.0 Å². The first kappa shape index (κ1) is 14.4. The Morgan fingerprint density at radius 2 is 2.24 bits per heavy atom. The van der Waals surface area contributed by atoms with Gasteiger partial charge in [0.25, 0.3) is 5.56 Å². The van der Waals surface area contributed by atoms with E-state index in [1.165, 1.54) is 0 Å². The van der Waals surface area contributed by atoms with Crippen LogP contribution in [0.4, 0.5) is 0 Å². The Morgan fingerprint density at radius 3 is 2.88 bits per heavy atom. The van der Waals surface area contributed by atoms with Crippen LogP contribution in [-0.2, 0) is 6.54 Å². The molecule has 1 aromatic rings. The van der Waals surface area contributed by atoms with E-state index in [-0.39, 0.29) is 5.56 Å². The van der Waals surface area contributed by atoms with Crippen LogP contribution in [0, 0.1) is 12.8 Å². The number of aryl methyl sites for hydroxylation is 2. The largest absolute Gasteiger partial charge is 0.316 e. The maximum Gasteiger partial charge on any atom is 0.267 e. The fraction of sp³-hybridized carbons (Fsp3) is 0.667. The summed E-state index contributed by atoms with van der Waals surface area (Å²) in [6.07, 6.45) is 2.55. The summed E-state index contributed by atoms with van der Waals surface area (Å²) in [6.45, 7) is 8.83. The molecule has 0 aliphatic carbocycles. The van der Waals surface area contributed by atoms with Gasteiger partial charge < -0.3 is 5.32 Å². The van der Waals surface area contributed by atoms with Crippen LogP contribution >= 0.6 is 15.9 Å². The highest BCUT2D eigenvalue weighted by molar-refractivity contribution is 9.10. The summed E-state index contributed by atoms with van der Waals surface area (Å²) in [4.78, 5) is 16.0. The quantitative estimate of drug-likeness (QED) is 0.817. The third kappa shape index (κ3) is 4.60. The molecular formula is C12H20BrN3O. The summed E-state index contributed by atoms with van der Waals surface area (Å²) in [5, 5.41) is 3.35. The van der Waals surface area contributed by atoms with E-state index in [0.717, 1.165) is 25.2 Å². The number of halogens is 1. The van der Waals surface area contributed by atoms with E-state index in [0.29, 0.717) is 16.9 Å². The third-order valence-corrected chi connectivity index (χ3v) is 3.38. The van der Waals surface area contributed by atoms with Gasteiger partial charge in [-0.15, -0.1) is 0 Å². The molecule has 0 atom stereocenters. The minimum atomic E-state index is 0.00126. The van der Waals surface area contributed by atoms with Crippen LogP contribution < -0.4 is 10.9 Å². The van der Waals surface area contributed by atoms with E-state index in [4.69, 9.17) is 0 Å². The summed E-state index contributed by atoms with van der Waals surface area (Å²) < 4.78 is 2.21. The predicted molar refractivity (Wildman–Crippen MR) is 73.3 cm³/mol. The van der Waals surface area contributed by atoms with Gasteiger partial charge in [0.05, 0.1) is 12.0 Å². The third-order valence-electron chi connectivity index (χ3n) is 2.46. The number of aromatic nitrogens is 2. The summed E-state index contributed by atoms with van der Waals surface area (Å²) in [5.41, 5.74) is 0.741. The molecule has 96 valence electrons. The smallest absolute Gasteiger partial charge is 0.267 e. The van der Waals surface area contributed by atoms with E-state index < -0.39 is 0 Å². The van der Waals surface area contributed by atoms with Gasteiger partial charge in [0.1, 0.15) is 4.47 Å². The van der Waals surface area contributed by atoms with Crippen LogP contribution in [0.15, 0.2) is 15.6 Å². The lowest BCUT2D eigenvalue weighted by Crippen LogP contribution is -2.26. The SMILES string of the molecule is Cc1ncn(CCCNCC(C)C)c(=O)c1Br. The van der Waals surface area contributed by atoms with Crippen molar-refractivity contribution in [3.8, 4) is 0 Å². The lowest BCUT2D eigenvalue weighted by atomic mass is 10.2. The van der Waals surface area contributed by atoms with Crippen LogP contribution in [-0.4, -0.2) is 22.6 Å².